The van der Waals surface area contributed by atoms with Gasteiger partial charge in [-0.3, -0.25) is 4.79 Å². The number of hydrogen-bond donors (Lipinski definition) is 1. The number of rotatable bonds is 5. The van der Waals surface area contributed by atoms with Gasteiger partial charge in [0.2, 0.25) is 0 Å². The Labute approximate surface area is 145 Å². The van der Waals surface area contributed by atoms with Crippen molar-refractivity contribution < 1.29 is 9.21 Å². The first kappa shape index (κ1) is 16.5. The topological polar surface area (TPSA) is 54.6 Å². The quantitative estimate of drug-likeness (QED) is 0.541. The second-order valence-electron chi connectivity index (χ2n) is 5.56. The van der Waals surface area contributed by atoms with Gasteiger partial charge in [0.15, 0.2) is 0 Å². The molecule has 24 heavy (non-hydrogen) atoms. The van der Waals surface area contributed by atoms with Crippen LogP contribution in [0.5, 0.6) is 0 Å². The monoisotopic (exact) mass is 340 g/mol. The summed E-state index contributed by atoms with van der Waals surface area (Å²) in [6, 6.07) is 9.76. The molecule has 124 valence electrons. The van der Waals surface area contributed by atoms with Gasteiger partial charge in [-0.15, -0.1) is 11.3 Å². The van der Waals surface area contributed by atoms with Crippen molar-refractivity contribution in [2.75, 3.05) is 0 Å². The Morgan fingerprint density at radius 1 is 1.29 bits per heavy atom. The number of fused-ring (bicyclic) bond motifs is 1. The summed E-state index contributed by atoms with van der Waals surface area (Å²) in [6.45, 7) is 6.16. The molecule has 3 rings (SSSR count). The number of thiophene rings is 1. The summed E-state index contributed by atoms with van der Waals surface area (Å²) in [7, 11) is 0. The van der Waals surface area contributed by atoms with Crippen molar-refractivity contribution >= 4 is 34.4 Å². The molecule has 0 aliphatic rings. The number of hydrogen-bond acceptors (Lipinski definition) is 4. The molecule has 1 aromatic carbocycles. The van der Waals surface area contributed by atoms with Crippen LogP contribution < -0.4 is 5.43 Å². The van der Waals surface area contributed by atoms with E-state index in [2.05, 4.69) is 17.5 Å². The van der Waals surface area contributed by atoms with Gasteiger partial charge in [0.05, 0.1) is 11.1 Å². The number of benzene rings is 1. The molecular weight excluding hydrogens is 320 g/mol. The highest BCUT2D eigenvalue weighted by molar-refractivity contribution is 7.14. The fourth-order valence-electron chi connectivity index (χ4n) is 2.71. The number of amides is 1. The normalized spacial score (nSPS) is 11.5. The van der Waals surface area contributed by atoms with Crippen LogP contribution in [0.4, 0.5) is 0 Å². The summed E-state index contributed by atoms with van der Waals surface area (Å²) in [5.74, 6) is 0.694. The Bertz CT molecular complexity index is 905. The van der Waals surface area contributed by atoms with Crippen LogP contribution in [0.15, 0.2) is 39.9 Å². The summed E-state index contributed by atoms with van der Waals surface area (Å²) < 4.78 is 5.82. The molecule has 3 aromatic rings. The van der Waals surface area contributed by atoms with Gasteiger partial charge in [0.1, 0.15) is 11.3 Å². The van der Waals surface area contributed by atoms with Gasteiger partial charge < -0.3 is 4.42 Å². The van der Waals surface area contributed by atoms with E-state index in [0.29, 0.717) is 4.88 Å². The number of hydrazone groups is 1. The highest BCUT2D eigenvalue weighted by Crippen LogP contribution is 2.25. The lowest BCUT2D eigenvalue weighted by atomic mass is 10.1. The van der Waals surface area contributed by atoms with Crippen LogP contribution in [0.3, 0.4) is 0 Å². The number of carbonyl (C=O) groups is 1. The van der Waals surface area contributed by atoms with E-state index in [-0.39, 0.29) is 5.91 Å². The molecule has 1 amide bonds. The summed E-state index contributed by atoms with van der Waals surface area (Å²) >= 11 is 1.52. The first-order chi connectivity index (χ1) is 11.6. The summed E-state index contributed by atoms with van der Waals surface area (Å²) in [5, 5.41) is 5.14. The van der Waals surface area contributed by atoms with Crippen molar-refractivity contribution in [2.24, 2.45) is 5.10 Å². The molecule has 0 radical (unpaired) electrons. The minimum absolute atomic E-state index is 0.176. The van der Waals surface area contributed by atoms with Gasteiger partial charge in [-0.05, 0) is 31.0 Å². The molecule has 0 unspecified atom stereocenters. The van der Waals surface area contributed by atoms with Gasteiger partial charge in [-0.1, -0.05) is 32.0 Å². The number of aryl methyl sites for hydroxylation is 3. The molecular formula is C19H20N2O2S. The van der Waals surface area contributed by atoms with E-state index in [9.17, 15) is 4.79 Å². The third-order valence-electron chi connectivity index (χ3n) is 3.96. The van der Waals surface area contributed by atoms with Crippen molar-refractivity contribution in [3.63, 3.8) is 0 Å². The maximum Gasteiger partial charge on any atom is 0.281 e. The first-order valence-electron chi connectivity index (χ1n) is 8.07. The number of nitrogens with one attached hydrogen (secondary N) is 1. The second kappa shape index (κ2) is 7.01. The summed E-state index contributed by atoms with van der Waals surface area (Å²) in [5.41, 5.74) is 5.53. The molecule has 0 spiro atoms. The van der Waals surface area contributed by atoms with E-state index < -0.39 is 0 Å². The van der Waals surface area contributed by atoms with E-state index in [4.69, 9.17) is 4.42 Å². The molecule has 5 heteroatoms. The van der Waals surface area contributed by atoms with Crippen molar-refractivity contribution in [2.45, 2.75) is 33.6 Å². The molecule has 2 aromatic heterocycles. The number of nitrogens with zero attached hydrogens (tertiary/aromatic N) is 1. The lowest BCUT2D eigenvalue weighted by Gasteiger charge is -1.96. The van der Waals surface area contributed by atoms with Crippen LogP contribution in [0.1, 0.15) is 45.3 Å². The predicted molar refractivity (Wildman–Crippen MR) is 99.1 cm³/mol. The fourth-order valence-corrected chi connectivity index (χ4v) is 3.72. The van der Waals surface area contributed by atoms with E-state index in [1.807, 2.05) is 44.2 Å². The predicted octanol–water partition coefficient (Wildman–Crippen LogP) is 4.69. The Morgan fingerprint density at radius 3 is 2.79 bits per heavy atom. The van der Waals surface area contributed by atoms with Crippen LogP contribution in [0, 0.1) is 6.92 Å². The molecule has 4 nitrogen and oxygen atoms in total. The smallest absolute Gasteiger partial charge is 0.281 e. The average molecular weight is 340 g/mol. The Balaban J connectivity index is 1.80. The van der Waals surface area contributed by atoms with Crippen molar-refractivity contribution in [1.82, 2.24) is 5.43 Å². The van der Waals surface area contributed by atoms with Crippen LogP contribution >= 0.6 is 11.3 Å². The molecule has 0 saturated carbocycles. The van der Waals surface area contributed by atoms with Gasteiger partial charge in [0, 0.05) is 22.2 Å². The molecule has 1 N–H and O–H groups in total. The van der Waals surface area contributed by atoms with E-state index >= 15 is 0 Å². The maximum atomic E-state index is 12.2. The average Bonchev–Trinajstić information content (AvgIpc) is 3.15. The Kier molecular flexibility index (Phi) is 4.81. The second-order valence-corrected chi connectivity index (χ2v) is 6.69. The van der Waals surface area contributed by atoms with Gasteiger partial charge in [0.25, 0.3) is 5.91 Å². The zero-order valence-corrected chi connectivity index (χ0v) is 14.9. The third kappa shape index (κ3) is 3.12. The number of furan rings is 1. The number of para-hydroxylation sites is 1. The minimum Gasteiger partial charge on any atom is -0.460 e. The molecule has 0 saturated heterocycles. The van der Waals surface area contributed by atoms with Crippen LogP contribution in [0.25, 0.3) is 11.0 Å². The van der Waals surface area contributed by atoms with Crippen LogP contribution in [0.2, 0.25) is 0 Å². The summed E-state index contributed by atoms with van der Waals surface area (Å²) in [4.78, 5) is 14.2. The van der Waals surface area contributed by atoms with Crippen molar-refractivity contribution in [1.29, 1.82) is 0 Å². The lowest BCUT2D eigenvalue weighted by molar-refractivity contribution is 0.0959. The minimum atomic E-state index is -0.176. The number of carbonyl (C=O) groups excluding carboxylic acids is 1. The molecule has 0 aliphatic heterocycles. The van der Waals surface area contributed by atoms with Crippen molar-refractivity contribution in [3.05, 3.63) is 57.0 Å². The van der Waals surface area contributed by atoms with Gasteiger partial charge >= 0.3 is 0 Å². The van der Waals surface area contributed by atoms with Crippen LogP contribution in [-0.2, 0) is 12.8 Å². The fraction of sp³-hybridized carbons (Fsp3) is 0.263. The highest BCUT2D eigenvalue weighted by atomic mass is 32.1. The molecule has 0 aliphatic carbocycles. The van der Waals surface area contributed by atoms with E-state index in [1.165, 1.54) is 16.2 Å². The Hall–Kier alpha value is -2.40. The molecule has 2 heterocycles. The maximum absolute atomic E-state index is 12.2. The van der Waals surface area contributed by atoms with Gasteiger partial charge in [-0.25, -0.2) is 5.43 Å². The van der Waals surface area contributed by atoms with E-state index in [1.54, 1.807) is 6.21 Å². The van der Waals surface area contributed by atoms with Crippen LogP contribution in [-0.4, -0.2) is 12.1 Å². The third-order valence-corrected chi connectivity index (χ3v) is 5.34. The SMILES string of the molecule is CCc1oc2ccccc2c1/C=N\NC(=O)c1cc(C)c(CC)s1. The largest absolute Gasteiger partial charge is 0.460 e. The van der Waals surface area contributed by atoms with Gasteiger partial charge in [-0.2, -0.15) is 5.10 Å². The standard InChI is InChI=1S/C19H20N2O2S/c1-4-15-14(13-8-6-7-9-16(13)23-15)11-20-21-19(22)18-10-12(3)17(5-2)24-18/h6-11H,4-5H2,1-3H3,(H,21,22)/b20-11-. The molecule has 0 fully saturated rings. The Morgan fingerprint density at radius 2 is 2.08 bits per heavy atom. The zero-order chi connectivity index (χ0) is 17.1. The molecule has 0 atom stereocenters. The summed E-state index contributed by atoms with van der Waals surface area (Å²) in [6.07, 6.45) is 3.38. The first-order valence-corrected chi connectivity index (χ1v) is 8.88. The zero-order valence-electron chi connectivity index (χ0n) is 14.1. The highest BCUT2D eigenvalue weighted by Gasteiger charge is 2.12. The lowest BCUT2D eigenvalue weighted by Crippen LogP contribution is -2.16. The van der Waals surface area contributed by atoms with E-state index in [0.717, 1.165) is 40.7 Å². The molecule has 0 bridgehead atoms. The van der Waals surface area contributed by atoms with Crippen molar-refractivity contribution in [3.8, 4) is 0 Å².